The second-order valence-corrected chi connectivity index (χ2v) is 10.6. The fourth-order valence-corrected chi connectivity index (χ4v) is 5.91. The van der Waals surface area contributed by atoms with E-state index in [1.165, 1.54) is 42.3 Å². The van der Waals surface area contributed by atoms with Crippen molar-refractivity contribution >= 4 is 21.8 Å². The zero-order chi connectivity index (χ0) is 23.2. The molecule has 2 aromatic carbocycles. The van der Waals surface area contributed by atoms with E-state index in [2.05, 4.69) is 47.7 Å². The SMILES string of the molecule is COCC(C)(C)c1c(CCCC2CC(C)C2)c2cc3[nH]ncc3cc2n1-c1ccc(F)cc1. The van der Waals surface area contributed by atoms with Gasteiger partial charge in [0.15, 0.2) is 0 Å². The largest absolute Gasteiger partial charge is 0.384 e. The molecule has 0 saturated heterocycles. The number of aromatic amines is 1. The number of hydrogen-bond donors (Lipinski definition) is 1. The molecule has 1 aliphatic rings. The molecule has 1 fully saturated rings. The number of rotatable bonds is 8. The predicted molar refractivity (Wildman–Crippen MR) is 133 cm³/mol. The topological polar surface area (TPSA) is 42.8 Å². The Kier molecular flexibility index (Phi) is 5.77. The highest BCUT2D eigenvalue weighted by molar-refractivity contribution is 5.98. The van der Waals surface area contributed by atoms with Gasteiger partial charge in [0, 0.05) is 34.7 Å². The molecule has 0 amide bonds. The van der Waals surface area contributed by atoms with E-state index in [9.17, 15) is 4.39 Å². The Bertz CT molecular complexity index is 1260. The molecule has 0 atom stereocenters. The molecule has 0 bridgehead atoms. The van der Waals surface area contributed by atoms with E-state index < -0.39 is 0 Å². The number of fused-ring (bicyclic) bond motifs is 2. The fourth-order valence-electron chi connectivity index (χ4n) is 5.91. The van der Waals surface area contributed by atoms with Crippen molar-refractivity contribution in [3.8, 4) is 5.69 Å². The second kappa shape index (κ2) is 8.60. The third kappa shape index (κ3) is 4.08. The van der Waals surface area contributed by atoms with Crippen LogP contribution in [0, 0.1) is 17.7 Å². The van der Waals surface area contributed by atoms with Gasteiger partial charge in [-0.15, -0.1) is 0 Å². The Morgan fingerprint density at radius 2 is 1.94 bits per heavy atom. The van der Waals surface area contributed by atoms with Crippen LogP contribution < -0.4 is 0 Å². The van der Waals surface area contributed by atoms with Crippen LogP contribution in [0.1, 0.15) is 57.7 Å². The molecule has 0 spiro atoms. The van der Waals surface area contributed by atoms with Crippen LogP contribution in [0.3, 0.4) is 0 Å². The van der Waals surface area contributed by atoms with Crippen molar-refractivity contribution in [2.45, 2.75) is 58.3 Å². The highest BCUT2D eigenvalue weighted by Gasteiger charge is 2.32. The number of aromatic nitrogens is 3. The summed E-state index contributed by atoms with van der Waals surface area (Å²) >= 11 is 0. The first-order valence-electron chi connectivity index (χ1n) is 12.1. The van der Waals surface area contributed by atoms with E-state index in [1.54, 1.807) is 19.2 Å². The van der Waals surface area contributed by atoms with Crippen molar-refractivity contribution in [1.29, 1.82) is 0 Å². The quantitative estimate of drug-likeness (QED) is 0.318. The van der Waals surface area contributed by atoms with Gasteiger partial charge in [0.2, 0.25) is 0 Å². The molecule has 5 heteroatoms. The molecule has 2 aromatic heterocycles. The fraction of sp³-hybridized carbons (Fsp3) is 0.464. The van der Waals surface area contributed by atoms with Gasteiger partial charge in [-0.05, 0) is 79.5 Å². The van der Waals surface area contributed by atoms with E-state index in [1.807, 2.05) is 18.3 Å². The number of H-pyrrole nitrogens is 1. The van der Waals surface area contributed by atoms with Gasteiger partial charge < -0.3 is 9.30 Å². The van der Waals surface area contributed by atoms with Crippen LogP contribution in [-0.2, 0) is 16.6 Å². The number of nitrogens with zero attached hydrogens (tertiary/aromatic N) is 2. The van der Waals surface area contributed by atoms with Gasteiger partial charge >= 0.3 is 0 Å². The lowest BCUT2D eigenvalue weighted by Gasteiger charge is -2.33. The number of hydrogen-bond acceptors (Lipinski definition) is 2. The maximum atomic E-state index is 13.8. The van der Waals surface area contributed by atoms with Gasteiger partial charge in [0.1, 0.15) is 5.82 Å². The highest BCUT2D eigenvalue weighted by atomic mass is 19.1. The summed E-state index contributed by atoms with van der Waals surface area (Å²) in [6.07, 6.45) is 8.09. The number of aryl methyl sites for hydroxylation is 1. The van der Waals surface area contributed by atoms with Crippen molar-refractivity contribution in [2.75, 3.05) is 13.7 Å². The first-order valence-corrected chi connectivity index (χ1v) is 12.1. The predicted octanol–water partition coefficient (Wildman–Crippen LogP) is 6.94. The lowest BCUT2D eigenvalue weighted by molar-refractivity contribution is 0.143. The van der Waals surface area contributed by atoms with Crippen LogP contribution in [0.5, 0.6) is 0 Å². The minimum Gasteiger partial charge on any atom is -0.384 e. The maximum absolute atomic E-state index is 13.8. The van der Waals surface area contributed by atoms with Crippen molar-refractivity contribution in [3.05, 3.63) is 59.7 Å². The summed E-state index contributed by atoms with van der Waals surface area (Å²) in [7, 11) is 1.76. The van der Waals surface area contributed by atoms with Gasteiger partial charge in [-0.3, -0.25) is 5.10 Å². The molecule has 0 unspecified atom stereocenters. The van der Waals surface area contributed by atoms with Crippen molar-refractivity contribution in [2.24, 2.45) is 11.8 Å². The zero-order valence-electron chi connectivity index (χ0n) is 20.1. The number of halogens is 1. The summed E-state index contributed by atoms with van der Waals surface area (Å²) in [5, 5.41) is 9.72. The monoisotopic (exact) mass is 447 g/mol. The third-order valence-corrected chi connectivity index (χ3v) is 7.37. The molecule has 2 heterocycles. The lowest BCUT2D eigenvalue weighted by atomic mass is 9.73. The number of nitrogens with one attached hydrogen (secondary N) is 1. The normalized spacial score (nSPS) is 18.8. The Hall–Kier alpha value is -2.66. The molecule has 1 saturated carbocycles. The van der Waals surface area contributed by atoms with Crippen LogP contribution in [-0.4, -0.2) is 28.5 Å². The van der Waals surface area contributed by atoms with Gasteiger partial charge in [-0.2, -0.15) is 5.10 Å². The molecular weight excluding hydrogens is 413 g/mol. The van der Waals surface area contributed by atoms with E-state index in [4.69, 9.17) is 4.74 Å². The average Bonchev–Trinajstić information content (AvgIpc) is 3.34. The summed E-state index contributed by atoms with van der Waals surface area (Å²) in [5.74, 6) is 1.54. The molecule has 4 nitrogen and oxygen atoms in total. The Balaban J connectivity index is 1.69. The Labute approximate surface area is 195 Å². The smallest absolute Gasteiger partial charge is 0.123 e. The lowest BCUT2D eigenvalue weighted by Crippen LogP contribution is -2.28. The first kappa shape index (κ1) is 22.1. The summed E-state index contributed by atoms with van der Waals surface area (Å²) in [6.45, 7) is 7.45. The highest BCUT2D eigenvalue weighted by Crippen LogP contribution is 2.41. The van der Waals surface area contributed by atoms with E-state index >= 15 is 0 Å². The summed E-state index contributed by atoms with van der Waals surface area (Å²) in [6, 6.07) is 11.3. The number of benzene rings is 2. The van der Waals surface area contributed by atoms with Gasteiger partial charge in [-0.1, -0.05) is 27.2 Å². The number of ether oxygens (including phenoxy) is 1. The van der Waals surface area contributed by atoms with Crippen molar-refractivity contribution in [1.82, 2.24) is 14.8 Å². The molecule has 5 rings (SSSR count). The number of methoxy groups -OCH3 is 1. The third-order valence-electron chi connectivity index (χ3n) is 7.37. The molecule has 33 heavy (non-hydrogen) atoms. The zero-order valence-corrected chi connectivity index (χ0v) is 20.1. The minimum absolute atomic E-state index is 0.214. The Morgan fingerprint density at radius 1 is 1.18 bits per heavy atom. The Morgan fingerprint density at radius 3 is 2.64 bits per heavy atom. The van der Waals surface area contributed by atoms with Crippen LogP contribution in [0.25, 0.3) is 27.5 Å². The maximum Gasteiger partial charge on any atom is 0.123 e. The van der Waals surface area contributed by atoms with E-state index in [0.29, 0.717) is 6.61 Å². The molecule has 0 aliphatic heterocycles. The second-order valence-electron chi connectivity index (χ2n) is 10.6. The molecule has 4 aromatic rings. The van der Waals surface area contributed by atoms with Crippen molar-refractivity contribution in [3.63, 3.8) is 0 Å². The van der Waals surface area contributed by atoms with Crippen molar-refractivity contribution < 1.29 is 9.13 Å². The van der Waals surface area contributed by atoms with E-state index in [0.717, 1.165) is 40.4 Å². The van der Waals surface area contributed by atoms with Gasteiger partial charge in [0.25, 0.3) is 0 Å². The van der Waals surface area contributed by atoms with Crippen LogP contribution in [0.2, 0.25) is 0 Å². The standard InChI is InChI=1S/C28H34FN3O/c1-18-12-19(13-18)6-5-7-23-24-15-25-20(16-30-31-25)14-26(24)32(22-10-8-21(29)9-11-22)27(23)28(2,3)17-33-4/h8-11,14-16,18-19H,5-7,12-13,17H2,1-4H3,(H,30,31). The minimum atomic E-state index is -0.222. The summed E-state index contributed by atoms with van der Waals surface area (Å²) < 4.78 is 21.8. The van der Waals surface area contributed by atoms with Crippen LogP contribution >= 0.6 is 0 Å². The molecule has 174 valence electrons. The molecular formula is C28H34FN3O. The molecule has 1 N–H and O–H groups in total. The average molecular weight is 448 g/mol. The molecule has 0 radical (unpaired) electrons. The first-order chi connectivity index (χ1) is 15.9. The summed E-state index contributed by atoms with van der Waals surface area (Å²) in [4.78, 5) is 0. The van der Waals surface area contributed by atoms with Gasteiger partial charge in [0.05, 0.1) is 23.8 Å². The van der Waals surface area contributed by atoms with Crippen LogP contribution in [0.15, 0.2) is 42.6 Å². The van der Waals surface area contributed by atoms with Gasteiger partial charge in [-0.25, -0.2) is 4.39 Å². The summed E-state index contributed by atoms with van der Waals surface area (Å²) in [5.41, 5.74) is 5.58. The molecule has 1 aliphatic carbocycles. The van der Waals surface area contributed by atoms with E-state index in [-0.39, 0.29) is 11.2 Å². The van der Waals surface area contributed by atoms with Crippen LogP contribution in [0.4, 0.5) is 4.39 Å².